The number of hydrogen-bond donors (Lipinski definition) is 0. The Morgan fingerprint density at radius 1 is 1.35 bits per heavy atom. The molecule has 20 heavy (non-hydrogen) atoms. The fourth-order valence-electron chi connectivity index (χ4n) is 1.98. The van der Waals surface area contributed by atoms with Crippen molar-refractivity contribution in [3.05, 3.63) is 64.4 Å². The van der Waals surface area contributed by atoms with Crippen molar-refractivity contribution < 1.29 is 9.18 Å². The second-order valence-corrected chi connectivity index (χ2v) is 5.22. The average Bonchev–Trinajstić information content (AvgIpc) is 2.86. The molecule has 0 atom stereocenters. The topological polar surface area (TPSA) is 47.3 Å². The summed E-state index contributed by atoms with van der Waals surface area (Å²) in [6.07, 6.45) is 6.29. The smallest absolute Gasteiger partial charge is 0.171 e. The van der Waals surface area contributed by atoms with Crippen molar-refractivity contribution in [2.75, 3.05) is 0 Å². The number of aromatic nitrogens is 3. The molecule has 0 spiro atoms. The third kappa shape index (κ3) is 2.34. The molecule has 0 saturated heterocycles. The minimum absolute atomic E-state index is 0.00460. The molecule has 0 bridgehead atoms. The van der Waals surface area contributed by atoms with Crippen LogP contribution in [0, 0.1) is 5.82 Å². The molecule has 2 aromatic heterocycles. The molecule has 0 aliphatic heterocycles. The van der Waals surface area contributed by atoms with Crippen LogP contribution < -0.4 is 0 Å². The largest absolute Gasteiger partial charge is 0.294 e. The third-order valence-electron chi connectivity index (χ3n) is 2.99. The van der Waals surface area contributed by atoms with E-state index < -0.39 is 5.82 Å². The number of carbonyl (C=O) groups excluding carboxylic acids is 1. The van der Waals surface area contributed by atoms with E-state index in [0.717, 1.165) is 0 Å². The summed E-state index contributed by atoms with van der Waals surface area (Å²) in [6, 6.07) is 4.66. The summed E-state index contributed by atoms with van der Waals surface area (Å²) in [6.45, 7) is 0. The molecule has 1 aromatic carbocycles. The van der Waals surface area contributed by atoms with Crippen LogP contribution in [0.4, 0.5) is 4.39 Å². The Hall–Kier alpha value is -2.08. The zero-order chi connectivity index (χ0) is 14.1. The van der Waals surface area contributed by atoms with Gasteiger partial charge in [0, 0.05) is 23.3 Å². The fourth-order valence-corrected chi connectivity index (χ4v) is 2.32. The Bertz CT molecular complexity index is 800. The lowest BCUT2D eigenvalue weighted by Gasteiger charge is -2.02. The van der Waals surface area contributed by atoms with Crippen molar-refractivity contribution in [1.82, 2.24) is 14.6 Å². The van der Waals surface area contributed by atoms with Crippen molar-refractivity contribution in [3.8, 4) is 0 Å². The SMILES string of the molecule is O=C(Cc1ccc(Br)cc1F)c1cnn2ccncc12. The van der Waals surface area contributed by atoms with Gasteiger partial charge in [-0.15, -0.1) is 0 Å². The van der Waals surface area contributed by atoms with Crippen LogP contribution in [0.25, 0.3) is 5.52 Å². The van der Waals surface area contributed by atoms with Crippen molar-refractivity contribution >= 4 is 27.2 Å². The first-order valence-corrected chi connectivity index (χ1v) is 6.69. The maximum atomic E-state index is 13.8. The van der Waals surface area contributed by atoms with Crippen LogP contribution in [0.1, 0.15) is 15.9 Å². The van der Waals surface area contributed by atoms with Crippen LogP contribution in [0.3, 0.4) is 0 Å². The van der Waals surface area contributed by atoms with Gasteiger partial charge in [-0.25, -0.2) is 8.91 Å². The molecule has 4 nitrogen and oxygen atoms in total. The lowest BCUT2D eigenvalue weighted by Crippen LogP contribution is -2.05. The molecular weight excluding hydrogens is 325 g/mol. The number of Topliss-reactive ketones (excluding diaryl/α,β-unsaturated/α-hetero) is 1. The molecule has 6 heteroatoms. The molecule has 0 aliphatic carbocycles. The Morgan fingerprint density at radius 3 is 3.00 bits per heavy atom. The molecule has 0 N–H and O–H groups in total. The van der Waals surface area contributed by atoms with E-state index in [1.54, 1.807) is 35.2 Å². The van der Waals surface area contributed by atoms with Crippen LogP contribution in [0.15, 0.2) is 47.5 Å². The number of carbonyl (C=O) groups is 1. The van der Waals surface area contributed by atoms with E-state index in [-0.39, 0.29) is 12.2 Å². The first-order chi connectivity index (χ1) is 9.65. The van der Waals surface area contributed by atoms with Crippen LogP contribution in [-0.2, 0) is 6.42 Å². The van der Waals surface area contributed by atoms with Crippen molar-refractivity contribution in [2.45, 2.75) is 6.42 Å². The Balaban J connectivity index is 1.93. The summed E-state index contributed by atoms with van der Waals surface area (Å²) in [5.41, 5.74) is 1.43. The standard InChI is InChI=1S/C14H9BrFN3O/c15-10-2-1-9(12(16)6-10)5-14(20)11-7-18-19-4-3-17-8-13(11)19/h1-4,6-8H,5H2. The highest BCUT2D eigenvalue weighted by molar-refractivity contribution is 9.10. The summed E-state index contributed by atoms with van der Waals surface area (Å²) < 4.78 is 16.0. The summed E-state index contributed by atoms with van der Waals surface area (Å²) in [5.74, 6) is -0.587. The minimum Gasteiger partial charge on any atom is -0.294 e. The molecule has 0 unspecified atom stereocenters. The number of ketones is 1. The van der Waals surface area contributed by atoms with Crippen LogP contribution in [0.5, 0.6) is 0 Å². The highest BCUT2D eigenvalue weighted by Crippen LogP contribution is 2.18. The van der Waals surface area contributed by atoms with Crippen molar-refractivity contribution in [2.24, 2.45) is 0 Å². The molecule has 0 aliphatic rings. The van der Waals surface area contributed by atoms with Crippen LogP contribution >= 0.6 is 15.9 Å². The molecule has 100 valence electrons. The predicted octanol–water partition coefficient (Wildman–Crippen LogP) is 3.06. The molecule has 0 radical (unpaired) electrons. The summed E-state index contributed by atoms with van der Waals surface area (Å²) in [4.78, 5) is 16.2. The fraction of sp³-hybridized carbons (Fsp3) is 0.0714. The average molecular weight is 334 g/mol. The number of nitrogens with zero attached hydrogens (tertiary/aromatic N) is 3. The number of benzene rings is 1. The molecule has 3 rings (SSSR count). The Kier molecular flexibility index (Phi) is 3.31. The van der Waals surface area contributed by atoms with E-state index in [0.29, 0.717) is 21.1 Å². The van der Waals surface area contributed by atoms with Gasteiger partial charge in [0.1, 0.15) is 5.82 Å². The summed E-state index contributed by atoms with van der Waals surface area (Å²) in [7, 11) is 0. The van der Waals surface area contributed by atoms with Crippen LogP contribution in [-0.4, -0.2) is 20.4 Å². The van der Waals surface area contributed by atoms with Gasteiger partial charge in [0.15, 0.2) is 5.78 Å². The Labute approximate surface area is 122 Å². The third-order valence-corrected chi connectivity index (χ3v) is 3.48. The maximum absolute atomic E-state index is 13.8. The van der Waals surface area contributed by atoms with Crippen molar-refractivity contribution in [1.29, 1.82) is 0 Å². The first kappa shape index (κ1) is 12.9. The summed E-state index contributed by atoms with van der Waals surface area (Å²) in [5, 5.41) is 4.07. The zero-order valence-electron chi connectivity index (χ0n) is 10.3. The second kappa shape index (κ2) is 5.13. The number of halogens is 2. The van der Waals surface area contributed by atoms with Gasteiger partial charge in [0.05, 0.1) is 23.5 Å². The van der Waals surface area contributed by atoms with Gasteiger partial charge in [-0.3, -0.25) is 9.78 Å². The highest BCUT2D eigenvalue weighted by atomic mass is 79.9. The Morgan fingerprint density at radius 2 is 2.20 bits per heavy atom. The summed E-state index contributed by atoms with van der Waals surface area (Å²) >= 11 is 3.19. The van der Waals surface area contributed by atoms with Gasteiger partial charge >= 0.3 is 0 Å². The molecule has 0 fully saturated rings. The van der Waals surface area contributed by atoms with E-state index >= 15 is 0 Å². The van der Waals surface area contributed by atoms with E-state index in [1.165, 1.54) is 12.3 Å². The van der Waals surface area contributed by atoms with Gasteiger partial charge < -0.3 is 0 Å². The van der Waals surface area contributed by atoms with Gasteiger partial charge in [0.2, 0.25) is 0 Å². The molecule has 0 saturated carbocycles. The quantitative estimate of drug-likeness (QED) is 0.692. The number of hydrogen-bond acceptors (Lipinski definition) is 3. The second-order valence-electron chi connectivity index (χ2n) is 4.30. The van der Waals surface area contributed by atoms with E-state index in [4.69, 9.17) is 0 Å². The van der Waals surface area contributed by atoms with E-state index in [2.05, 4.69) is 26.0 Å². The van der Waals surface area contributed by atoms with Gasteiger partial charge in [-0.1, -0.05) is 22.0 Å². The predicted molar refractivity (Wildman–Crippen MR) is 75.1 cm³/mol. The first-order valence-electron chi connectivity index (χ1n) is 5.89. The molecule has 2 heterocycles. The van der Waals surface area contributed by atoms with Crippen LogP contribution in [0.2, 0.25) is 0 Å². The van der Waals surface area contributed by atoms with Crippen molar-refractivity contribution in [3.63, 3.8) is 0 Å². The normalized spacial score (nSPS) is 10.9. The van der Waals surface area contributed by atoms with E-state index in [1.807, 2.05) is 0 Å². The zero-order valence-corrected chi connectivity index (χ0v) is 11.8. The maximum Gasteiger partial charge on any atom is 0.171 e. The van der Waals surface area contributed by atoms with E-state index in [9.17, 15) is 9.18 Å². The number of rotatable bonds is 3. The van der Waals surface area contributed by atoms with Gasteiger partial charge in [0.25, 0.3) is 0 Å². The minimum atomic E-state index is -0.401. The lowest BCUT2D eigenvalue weighted by atomic mass is 10.0. The highest BCUT2D eigenvalue weighted by Gasteiger charge is 2.15. The lowest BCUT2D eigenvalue weighted by molar-refractivity contribution is 0.0993. The molecule has 0 amide bonds. The van der Waals surface area contributed by atoms with Gasteiger partial charge in [-0.05, 0) is 17.7 Å². The number of fused-ring (bicyclic) bond motifs is 1. The monoisotopic (exact) mass is 333 g/mol. The molecular formula is C14H9BrFN3O. The molecule has 3 aromatic rings. The van der Waals surface area contributed by atoms with Gasteiger partial charge in [-0.2, -0.15) is 5.10 Å².